The number of ketones is 1. The predicted octanol–water partition coefficient (Wildman–Crippen LogP) is 2.11. The molecule has 1 amide bonds. The van der Waals surface area contributed by atoms with Gasteiger partial charge in [-0.1, -0.05) is 30.3 Å². The normalized spacial score (nSPS) is 25.4. The van der Waals surface area contributed by atoms with Gasteiger partial charge in [-0.25, -0.2) is 4.79 Å². The van der Waals surface area contributed by atoms with Crippen LogP contribution in [-0.4, -0.2) is 29.9 Å². The fourth-order valence-corrected chi connectivity index (χ4v) is 2.83. The Labute approximate surface area is 105 Å². The first-order chi connectivity index (χ1) is 8.69. The second-order valence-electron chi connectivity index (χ2n) is 4.63. The maximum atomic E-state index is 12.0. The van der Waals surface area contributed by atoms with Gasteiger partial charge in [-0.15, -0.1) is 6.58 Å². The maximum Gasteiger partial charge on any atom is 0.411 e. The largest absolute Gasteiger partial charge is 0.446 e. The van der Waals surface area contributed by atoms with Gasteiger partial charge in [0.25, 0.3) is 0 Å². The molecule has 0 spiro atoms. The molecule has 0 radical (unpaired) electrons. The number of ether oxygens (including phenoxy) is 1. The first-order valence-corrected chi connectivity index (χ1v) is 5.87. The summed E-state index contributed by atoms with van der Waals surface area (Å²) in [7, 11) is 0. The van der Waals surface area contributed by atoms with E-state index in [2.05, 4.69) is 6.58 Å². The molecule has 0 aliphatic carbocycles. The van der Waals surface area contributed by atoms with E-state index in [4.69, 9.17) is 4.74 Å². The number of carbonyl (C=O) groups excluding carboxylic acids is 2. The third kappa shape index (κ3) is 1.26. The molecule has 2 heterocycles. The van der Waals surface area contributed by atoms with E-state index in [1.807, 2.05) is 24.3 Å². The Morgan fingerprint density at radius 2 is 2.17 bits per heavy atom. The highest BCUT2D eigenvalue weighted by molar-refractivity contribution is 6.02. The van der Waals surface area contributed by atoms with Crippen LogP contribution < -0.4 is 0 Å². The Balaban J connectivity index is 2.23. The molecule has 0 saturated carbocycles. The van der Waals surface area contributed by atoms with Crippen LogP contribution in [0.3, 0.4) is 0 Å². The van der Waals surface area contributed by atoms with E-state index in [9.17, 15) is 9.59 Å². The van der Waals surface area contributed by atoms with Crippen molar-refractivity contribution in [2.75, 3.05) is 13.2 Å². The number of amides is 1. The SMILES string of the molecule is C=CC[C@]12COC(=O)N1CC(=O)c1ccccc12. The zero-order valence-electron chi connectivity index (χ0n) is 9.89. The summed E-state index contributed by atoms with van der Waals surface area (Å²) in [4.78, 5) is 25.3. The minimum atomic E-state index is -0.552. The van der Waals surface area contributed by atoms with Gasteiger partial charge < -0.3 is 4.74 Å². The minimum absolute atomic E-state index is 0.0378. The molecule has 92 valence electrons. The van der Waals surface area contributed by atoms with Gasteiger partial charge >= 0.3 is 6.09 Å². The van der Waals surface area contributed by atoms with E-state index in [0.717, 1.165) is 5.56 Å². The standard InChI is InChI=1S/C14H13NO3/c1-2-7-14-9-18-13(17)15(14)8-12(16)10-5-3-4-6-11(10)14/h2-6H,1,7-9H2/t14-/m1/s1. The number of hydrogen-bond acceptors (Lipinski definition) is 3. The fraction of sp³-hybridized carbons (Fsp3) is 0.286. The second-order valence-corrected chi connectivity index (χ2v) is 4.63. The lowest BCUT2D eigenvalue weighted by Gasteiger charge is -2.39. The molecule has 1 aromatic carbocycles. The average Bonchev–Trinajstić information content (AvgIpc) is 2.70. The first kappa shape index (κ1) is 11.0. The lowest BCUT2D eigenvalue weighted by Crippen LogP contribution is -2.51. The molecule has 0 unspecified atom stereocenters. The highest BCUT2D eigenvalue weighted by atomic mass is 16.6. The maximum absolute atomic E-state index is 12.0. The van der Waals surface area contributed by atoms with Crippen molar-refractivity contribution in [2.24, 2.45) is 0 Å². The van der Waals surface area contributed by atoms with Crippen LogP contribution in [0.15, 0.2) is 36.9 Å². The molecule has 1 aromatic rings. The van der Waals surface area contributed by atoms with E-state index in [1.54, 1.807) is 6.08 Å². The van der Waals surface area contributed by atoms with Gasteiger partial charge in [-0.3, -0.25) is 9.69 Å². The lowest BCUT2D eigenvalue weighted by atomic mass is 9.79. The zero-order valence-corrected chi connectivity index (χ0v) is 9.89. The van der Waals surface area contributed by atoms with Gasteiger partial charge in [0.15, 0.2) is 5.78 Å². The molecule has 2 aliphatic rings. The fourth-order valence-electron chi connectivity index (χ4n) is 2.83. The number of benzene rings is 1. The van der Waals surface area contributed by atoms with Crippen molar-refractivity contribution in [1.82, 2.24) is 4.90 Å². The summed E-state index contributed by atoms with van der Waals surface area (Å²) in [5.74, 6) is -0.0378. The Morgan fingerprint density at radius 1 is 1.39 bits per heavy atom. The zero-order chi connectivity index (χ0) is 12.8. The summed E-state index contributed by atoms with van der Waals surface area (Å²) in [6.07, 6.45) is 1.93. The van der Waals surface area contributed by atoms with Crippen LogP contribution in [-0.2, 0) is 10.3 Å². The number of Topliss-reactive ketones (excluding diaryl/α,β-unsaturated/α-hetero) is 1. The molecule has 0 aromatic heterocycles. The van der Waals surface area contributed by atoms with Gasteiger partial charge in [0, 0.05) is 5.56 Å². The van der Waals surface area contributed by atoms with Gasteiger partial charge in [-0.2, -0.15) is 0 Å². The molecular weight excluding hydrogens is 230 g/mol. The summed E-state index contributed by atoms with van der Waals surface area (Å²) in [5.41, 5.74) is 1.00. The highest BCUT2D eigenvalue weighted by Crippen LogP contribution is 2.42. The number of rotatable bonds is 2. The van der Waals surface area contributed by atoms with Crippen LogP contribution in [0.1, 0.15) is 22.3 Å². The van der Waals surface area contributed by atoms with Crippen molar-refractivity contribution in [3.8, 4) is 0 Å². The van der Waals surface area contributed by atoms with Gasteiger partial charge in [-0.05, 0) is 12.0 Å². The van der Waals surface area contributed by atoms with Crippen LogP contribution in [0, 0.1) is 0 Å². The Bertz CT molecular complexity index is 552. The second kappa shape index (κ2) is 3.70. The summed E-state index contributed by atoms with van der Waals surface area (Å²) >= 11 is 0. The molecule has 18 heavy (non-hydrogen) atoms. The highest BCUT2D eigenvalue weighted by Gasteiger charge is 2.52. The van der Waals surface area contributed by atoms with Crippen LogP contribution in [0.2, 0.25) is 0 Å². The first-order valence-electron chi connectivity index (χ1n) is 5.87. The summed E-state index contributed by atoms with van der Waals surface area (Å²) in [5, 5.41) is 0. The number of fused-ring (bicyclic) bond motifs is 3. The summed E-state index contributed by atoms with van der Waals surface area (Å²) in [6, 6.07) is 7.42. The monoisotopic (exact) mass is 243 g/mol. The van der Waals surface area contributed by atoms with E-state index < -0.39 is 11.6 Å². The number of hydrogen-bond donors (Lipinski definition) is 0. The molecule has 0 N–H and O–H groups in total. The van der Waals surface area contributed by atoms with E-state index in [1.165, 1.54) is 4.90 Å². The van der Waals surface area contributed by atoms with Gasteiger partial charge in [0.1, 0.15) is 12.1 Å². The summed E-state index contributed by atoms with van der Waals surface area (Å²) < 4.78 is 5.15. The Hall–Kier alpha value is -2.10. The molecule has 0 bridgehead atoms. The van der Waals surface area contributed by atoms with Crippen LogP contribution >= 0.6 is 0 Å². The van der Waals surface area contributed by atoms with E-state index in [0.29, 0.717) is 12.0 Å². The van der Waals surface area contributed by atoms with E-state index in [-0.39, 0.29) is 18.9 Å². The third-order valence-electron chi connectivity index (χ3n) is 3.68. The number of nitrogens with zero attached hydrogens (tertiary/aromatic N) is 1. The van der Waals surface area contributed by atoms with Crippen LogP contribution in [0.4, 0.5) is 4.79 Å². The lowest BCUT2D eigenvalue weighted by molar-refractivity contribution is 0.0827. The molecule has 1 saturated heterocycles. The molecule has 1 fully saturated rings. The minimum Gasteiger partial charge on any atom is -0.446 e. The van der Waals surface area contributed by atoms with Crippen molar-refractivity contribution in [2.45, 2.75) is 12.0 Å². The molecule has 4 heteroatoms. The topological polar surface area (TPSA) is 46.6 Å². The van der Waals surface area contributed by atoms with Gasteiger partial charge in [0.2, 0.25) is 0 Å². The van der Waals surface area contributed by atoms with Crippen molar-refractivity contribution in [1.29, 1.82) is 0 Å². The molecule has 2 aliphatic heterocycles. The Kier molecular flexibility index (Phi) is 2.26. The molecule has 3 rings (SSSR count). The molecule has 4 nitrogen and oxygen atoms in total. The average molecular weight is 243 g/mol. The Morgan fingerprint density at radius 3 is 2.94 bits per heavy atom. The summed E-state index contributed by atoms with van der Waals surface area (Å²) in [6.45, 7) is 4.12. The van der Waals surface area contributed by atoms with Crippen molar-refractivity contribution in [3.63, 3.8) is 0 Å². The van der Waals surface area contributed by atoms with Crippen molar-refractivity contribution >= 4 is 11.9 Å². The van der Waals surface area contributed by atoms with Crippen LogP contribution in [0.25, 0.3) is 0 Å². The van der Waals surface area contributed by atoms with Crippen molar-refractivity contribution < 1.29 is 14.3 Å². The van der Waals surface area contributed by atoms with E-state index >= 15 is 0 Å². The van der Waals surface area contributed by atoms with Gasteiger partial charge in [0.05, 0.1) is 6.54 Å². The van der Waals surface area contributed by atoms with Crippen LogP contribution in [0.5, 0.6) is 0 Å². The number of cyclic esters (lactones) is 1. The third-order valence-corrected chi connectivity index (χ3v) is 3.68. The van der Waals surface area contributed by atoms with Crippen molar-refractivity contribution in [3.05, 3.63) is 48.0 Å². The quantitative estimate of drug-likeness (QED) is 0.747. The smallest absolute Gasteiger partial charge is 0.411 e. The molecular formula is C14H13NO3. The molecule has 1 atom stereocenters. The number of carbonyl (C=O) groups is 2. The predicted molar refractivity (Wildman–Crippen MR) is 65.3 cm³/mol.